The number of hydrogen-bond acceptors (Lipinski definition) is 2. The van der Waals surface area contributed by atoms with Gasteiger partial charge in [-0.2, -0.15) is 5.10 Å². The normalized spacial score (nSPS) is 10.9. The smallest absolute Gasteiger partial charge is 0.0804 e. The molecule has 1 heterocycles. The lowest BCUT2D eigenvalue weighted by Crippen LogP contribution is -1.83. The molecule has 0 radical (unpaired) electrons. The Hall–Kier alpha value is -1.25. The number of nitrogens with two attached hydrogens (primary N) is 1. The Morgan fingerprint density at radius 1 is 1.80 bits per heavy atom. The van der Waals surface area contributed by atoms with Gasteiger partial charge in [0.15, 0.2) is 0 Å². The van der Waals surface area contributed by atoms with E-state index in [0.29, 0.717) is 5.69 Å². The molecule has 10 heavy (non-hydrogen) atoms. The maximum atomic E-state index is 5.54. The highest BCUT2D eigenvalue weighted by atomic mass is 15.1. The topological polar surface area (TPSA) is 54.7 Å². The van der Waals surface area contributed by atoms with Crippen LogP contribution < -0.4 is 5.73 Å². The third-order valence-electron chi connectivity index (χ3n) is 1.22. The molecule has 3 heteroatoms. The Morgan fingerprint density at radius 2 is 2.60 bits per heavy atom. The molecule has 0 saturated heterocycles. The number of allylic oxidation sites excluding steroid dienone is 1. The molecule has 0 amide bonds. The summed E-state index contributed by atoms with van der Waals surface area (Å²) in [6, 6.07) is 0. The van der Waals surface area contributed by atoms with E-state index >= 15 is 0 Å². The van der Waals surface area contributed by atoms with Crippen molar-refractivity contribution >= 4 is 11.8 Å². The first-order chi connectivity index (χ1) is 4.84. The number of nitrogens with zero attached hydrogens (tertiary/aromatic N) is 1. The van der Waals surface area contributed by atoms with Crippen LogP contribution in [-0.2, 0) is 0 Å². The molecule has 0 fully saturated rings. The molecule has 0 aliphatic rings. The summed E-state index contributed by atoms with van der Waals surface area (Å²) in [5, 5.41) is 6.55. The van der Waals surface area contributed by atoms with Crippen LogP contribution in [-0.4, -0.2) is 10.2 Å². The zero-order valence-electron chi connectivity index (χ0n) is 5.96. The molecule has 3 N–H and O–H groups in total. The molecule has 0 atom stereocenters. The largest absolute Gasteiger partial charge is 0.396 e. The Bertz CT molecular complexity index is 225. The number of nitrogens with one attached hydrogen (secondary N) is 1. The van der Waals surface area contributed by atoms with Gasteiger partial charge in [0.2, 0.25) is 0 Å². The SMILES string of the molecule is CC/C=C/c1[nH]ncc1N. The molecule has 0 aliphatic carbocycles. The van der Waals surface area contributed by atoms with E-state index in [1.54, 1.807) is 6.20 Å². The first kappa shape index (κ1) is 6.86. The van der Waals surface area contributed by atoms with Crippen LogP contribution in [0.1, 0.15) is 19.0 Å². The summed E-state index contributed by atoms with van der Waals surface area (Å²) in [5.74, 6) is 0. The zero-order chi connectivity index (χ0) is 7.40. The quantitative estimate of drug-likeness (QED) is 0.647. The lowest BCUT2D eigenvalue weighted by Gasteiger charge is -1.86. The monoisotopic (exact) mass is 137 g/mol. The molecular formula is C7H11N3. The van der Waals surface area contributed by atoms with E-state index in [9.17, 15) is 0 Å². The molecule has 54 valence electrons. The number of rotatable bonds is 2. The summed E-state index contributed by atoms with van der Waals surface area (Å²) < 4.78 is 0. The molecule has 1 aromatic rings. The number of aromatic amines is 1. The number of hydrogen-bond donors (Lipinski definition) is 2. The van der Waals surface area contributed by atoms with Gasteiger partial charge in [0.05, 0.1) is 17.6 Å². The summed E-state index contributed by atoms with van der Waals surface area (Å²) >= 11 is 0. The van der Waals surface area contributed by atoms with E-state index in [1.807, 2.05) is 12.2 Å². The average Bonchev–Trinajstić information content (AvgIpc) is 2.31. The maximum Gasteiger partial charge on any atom is 0.0804 e. The van der Waals surface area contributed by atoms with E-state index in [-0.39, 0.29) is 0 Å². The van der Waals surface area contributed by atoms with E-state index in [1.165, 1.54) is 0 Å². The minimum Gasteiger partial charge on any atom is -0.396 e. The highest BCUT2D eigenvalue weighted by Gasteiger charge is 1.92. The fourth-order valence-corrected chi connectivity index (χ4v) is 0.675. The fourth-order valence-electron chi connectivity index (χ4n) is 0.675. The van der Waals surface area contributed by atoms with Crippen LogP contribution in [0.25, 0.3) is 6.08 Å². The van der Waals surface area contributed by atoms with Crippen LogP contribution in [0.5, 0.6) is 0 Å². The van der Waals surface area contributed by atoms with Crippen LogP contribution in [0.4, 0.5) is 5.69 Å². The van der Waals surface area contributed by atoms with Gasteiger partial charge < -0.3 is 5.73 Å². The summed E-state index contributed by atoms with van der Waals surface area (Å²) in [6.07, 6.45) is 6.58. The lowest BCUT2D eigenvalue weighted by molar-refractivity contribution is 1.08. The Balaban J connectivity index is 2.74. The van der Waals surface area contributed by atoms with Crippen LogP contribution in [0.2, 0.25) is 0 Å². The van der Waals surface area contributed by atoms with E-state index in [0.717, 1.165) is 12.1 Å². The molecule has 0 aliphatic heterocycles. The summed E-state index contributed by atoms with van der Waals surface area (Å²) in [7, 11) is 0. The number of nitrogen functional groups attached to an aromatic ring is 1. The van der Waals surface area contributed by atoms with Gasteiger partial charge in [0, 0.05) is 0 Å². The summed E-state index contributed by atoms with van der Waals surface area (Å²) in [6.45, 7) is 2.07. The van der Waals surface area contributed by atoms with Crippen LogP contribution in [0.3, 0.4) is 0 Å². The molecule has 0 aromatic carbocycles. The zero-order valence-corrected chi connectivity index (χ0v) is 5.96. The second kappa shape index (κ2) is 3.06. The Morgan fingerprint density at radius 3 is 3.10 bits per heavy atom. The fraction of sp³-hybridized carbons (Fsp3) is 0.286. The van der Waals surface area contributed by atoms with Crippen molar-refractivity contribution in [3.63, 3.8) is 0 Å². The summed E-state index contributed by atoms with van der Waals surface area (Å²) in [4.78, 5) is 0. The van der Waals surface area contributed by atoms with Crippen LogP contribution in [0.15, 0.2) is 12.3 Å². The van der Waals surface area contributed by atoms with Crippen molar-refractivity contribution in [1.29, 1.82) is 0 Å². The van der Waals surface area contributed by atoms with Crippen molar-refractivity contribution < 1.29 is 0 Å². The van der Waals surface area contributed by atoms with E-state index in [2.05, 4.69) is 17.1 Å². The third-order valence-corrected chi connectivity index (χ3v) is 1.22. The van der Waals surface area contributed by atoms with Gasteiger partial charge >= 0.3 is 0 Å². The highest BCUT2D eigenvalue weighted by molar-refractivity contribution is 5.59. The predicted octanol–water partition coefficient (Wildman–Crippen LogP) is 1.42. The lowest BCUT2D eigenvalue weighted by atomic mass is 10.3. The molecule has 0 saturated carbocycles. The Labute approximate surface area is 59.9 Å². The van der Waals surface area contributed by atoms with Crippen molar-refractivity contribution in [1.82, 2.24) is 10.2 Å². The van der Waals surface area contributed by atoms with Gasteiger partial charge in [-0.15, -0.1) is 0 Å². The first-order valence-corrected chi connectivity index (χ1v) is 3.30. The van der Waals surface area contributed by atoms with Gasteiger partial charge in [-0.05, 0) is 12.5 Å². The van der Waals surface area contributed by atoms with Crippen molar-refractivity contribution in [3.8, 4) is 0 Å². The number of aromatic nitrogens is 2. The average molecular weight is 137 g/mol. The minimum absolute atomic E-state index is 0.699. The van der Waals surface area contributed by atoms with Crippen molar-refractivity contribution in [2.24, 2.45) is 0 Å². The third kappa shape index (κ3) is 1.37. The van der Waals surface area contributed by atoms with E-state index in [4.69, 9.17) is 5.73 Å². The molecular weight excluding hydrogens is 126 g/mol. The molecule has 0 unspecified atom stereocenters. The standard InChI is InChI=1S/C7H11N3/c1-2-3-4-7-6(8)5-9-10-7/h3-5H,2,8H2,1H3,(H,9,10)/b4-3+. The molecule has 0 bridgehead atoms. The highest BCUT2D eigenvalue weighted by Crippen LogP contribution is 2.07. The molecule has 1 rings (SSSR count). The minimum atomic E-state index is 0.699. The van der Waals surface area contributed by atoms with Gasteiger partial charge in [0.25, 0.3) is 0 Å². The number of anilines is 1. The van der Waals surface area contributed by atoms with Crippen LogP contribution >= 0.6 is 0 Å². The van der Waals surface area contributed by atoms with Crippen LogP contribution in [0, 0.1) is 0 Å². The Kier molecular flexibility index (Phi) is 2.10. The van der Waals surface area contributed by atoms with Gasteiger partial charge in [-0.1, -0.05) is 13.0 Å². The first-order valence-electron chi connectivity index (χ1n) is 3.30. The van der Waals surface area contributed by atoms with E-state index < -0.39 is 0 Å². The van der Waals surface area contributed by atoms with Gasteiger partial charge in [-0.3, -0.25) is 5.10 Å². The molecule has 1 aromatic heterocycles. The van der Waals surface area contributed by atoms with Gasteiger partial charge in [0.1, 0.15) is 0 Å². The van der Waals surface area contributed by atoms with Crippen molar-refractivity contribution in [2.75, 3.05) is 5.73 Å². The second-order valence-corrected chi connectivity index (χ2v) is 2.05. The predicted molar refractivity (Wildman–Crippen MR) is 42.3 cm³/mol. The second-order valence-electron chi connectivity index (χ2n) is 2.05. The molecule has 0 spiro atoms. The summed E-state index contributed by atoms with van der Waals surface area (Å²) in [5.41, 5.74) is 7.13. The maximum absolute atomic E-state index is 5.54. The van der Waals surface area contributed by atoms with Gasteiger partial charge in [-0.25, -0.2) is 0 Å². The van der Waals surface area contributed by atoms with Crippen molar-refractivity contribution in [2.45, 2.75) is 13.3 Å². The molecule has 3 nitrogen and oxygen atoms in total. The number of H-pyrrole nitrogens is 1. The van der Waals surface area contributed by atoms with Crippen molar-refractivity contribution in [3.05, 3.63) is 18.0 Å².